The predicted octanol–water partition coefficient (Wildman–Crippen LogP) is 6.80. The maximum atomic E-state index is 12.9. The third kappa shape index (κ3) is 5.33. The molecule has 0 bridgehead atoms. The van der Waals surface area contributed by atoms with Gasteiger partial charge >= 0.3 is 5.97 Å². The summed E-state index contributed by atoms with van der Waals surface area (Å²) in [5.74, 6) is -0.0849. The summed E-state index contributed by atoms with van der Waals surface area (Å²) in [4.78, 5) is 38.3. The Hall–Kier alpha value is -3.82. The minimum Gasteiger partial charge on any atom is -0.488 e. The number of hydrogen-bond acceptors (Lipinski definition) is 7. The van der Waals surface area contributed by atoms with E-state index in [-0.39, 0.29) is 12.3 Å². The zero-order valence-corrected chi connectivity index (χ0v) is 22.0. The van der Waals surface area contributed by atoms with Crippen molar-refractivity contribution in [3.8, 4) is 5.75 Å². The fourth-order valence-corrected chi connectivity index (χ4v) is 5.26. The molecular weight excluding hydrogens is 558 g/mol. The number of fused-ring (bicyclic) bond motifs is 1. The summed E-state index contributed by atoms with van der Waals surface area (Å²) in [6.07, 6.45) is 1.66. The van der Waals surface area contributed by atoms with Crippen molar-refractivity contribution in [1.82, 2.24) is 4.90 Å². The predicted molar refractivity (Wildman–Crippen MR) is 144 cm³/mol. The van der Waals surface area contributed by atoms with Gasteiger partial charge in [-0.1, -0.05) is 48.5 Å². The van der Waals surface area contributed by atoms with E-state index in [1.165, 1.54) is 19.2 Å². The standard InChI is InChI=1S/C28H20BrNO6S/c1-34-27(32)24-12-10-20(36-24)15-30-26(31)25(37-28(30)33)14-17-9-11-23(22(29)13-17)35-16-19-7-4-6-18-5-2-3-8-21(18)19/h2-14H,15-16H2,1H3/b25-14+. The second kappa shape index (κ2) is 10.7. The highest BCUT2D eigenvalue weighted by atomic mass is 79.9. The molecule has 0 aliphatic carbocycles. The van der Waals surface area contributed by atoms with Crippen LogP contribution in [0.15, 0.2) is 86.6 Å². The van der Waals surface area contributed by atoms with Crippen LogP contribution in [-0.4, -0.2) is 29.1 Å². The third-order valence-electron chi connectivity index (χ3n) is 5.75. The molecule has 0 spiro atoms. The van der Waals surface area contributed by atoms with Gasteiger partial charge in [-0.2, -0.15) is 0 Å². The van der Waals surface area contributed by atoms with Crippen LogP contribution in [0.2, 0.25) is 0 Å². The largest absolute Gasteiger partial charge is 0.488 e. The average molecular weight is 578 g/mol. The highest BCUT2D eigenvalue weighted by Crippen LogP contribution is 2.35. The Bertz CT molecular complexity index is 1550. The van der Waals surface area contributed by atoms with Crippen LogP contribution in [0, 0.1) is 0 Å². The van der Waals surface area contributed by atoms with Gasteiger partial charge < -0.3 is 13.9 Å². The van der Waals surface area contributed by atoms with Crippen LogP contribution >= 0.6 is 27.7 Å². The molecule has 2 amide bonds. The van der Waals surface area contributed by atoms with Crippen LogP contribution in [0.5, 0.6) is 5.75 Å². The van der Waals surface area contributed by atoms with E-state index < -0.39 is 17.1 Å². The lowest BCUT2D eigenvalue weighted by Crippen LogP contribution is -2.27. The number of nitrogens with zero attached hydrogens (tertiary/aromatic N) is 1. The third-order valence-corrected chi connectivity index (χ3v) is 7.28. The number of halogens is 1. The summed E-state index contributed by atoms with van der Waals surface area (Å²) in [5.41, 5.74) is 1.82. The Kier molecular flexibility index (Phi) is 7.16. The molecule has 186 valence electrons. The van der Waals surface area contributed by atoms with Crippen molar-refractivity contribution in [3.05, 3.63) is 105 Å². The molecule has 0 saturated carbocycles. The van der Waals surface area contributed by atoms with Crippen molar-refractivity contribution in [1.29, 1.82) is 0 Å². The number of furan rings is 1. The minimum atomic E-state index is -0.629. The fraction of sp³-hybridized carbons (Fsp3) is 0.107. The molecule has 1 aliphatic rings. The van der Waals surface area contributed by atoms with Gasteiger partial charge in [-0.15, -0.1) is 0 Å². The molecular formula is C28H20BrNO6S. The number of carbonyl (C=O) groups excluding carboxylic acids is 3. The summed E-state index contributed by atoms with van der Waals surface area (Å²) < 4.78 is 16.8. The molecule has 3 aromatic carbocycles. The molecule has 4 aromatic rings. The van der Waals surface area contributed by atoms with Crippen molar-refractivity contribution in [2.75, 3.05) is 7.11 Å². The number of esters is 1. The molecule has 0 unspecified atom stereocenters. The van der Waals surface area contributed by atoms with Crippen LogP contribution in [0.1, 0.15) is 27.4 Å². The van der Waals surface area contributed by atoms with Gasteiger partial charge in [0.15, 0.2) is 0 Å². The highest BCUT2D eigenvalue weighted by molar-refractivity contribution is 9.10. The summed E-state index contributed by atoms with van der Waals surface area (Å²) in [5, 5.41) is 1.88. The first-order chi connectivity index (χ1) is 17.9. The topological polar surface area (TPSA) is 86.0 Å². The average Bonchev–Trinajstić information content (AvgIpc) is 3.48. The number of amides is 2. The van der Waals surface area contributed by atoms with Gasteiger partial charge in [0.25, 0.3) is 11.1 Å². The zero-order chi connectivity index (χ0) is 25.9. The first kappa shape index (κ1) is 24.9. The number of rotatable bonds is 7. The van der Waals surface area contributed by atoms with E-state index in [1.54, 1.807) is 6.08 Å². The van der Waals surface area contributed by atoms with Gasteiger partial charge in [0, 0.05) is 0 Å². The second-order valence-corrected chi connectivity index (χ2v) is 9.99. The van der Waals surface area contributed by atoms with Crippen molar-refractivity contribution in [2.45, 2.75) is 13.2 Å². The van der Waals surface area contributed by atoms with Gasteiger partial charge in [-0.05, 0) is 79.9 Å². The van der Waals surface area contributed by atoms with Crippen LogP contribution in [-0.2, 0) is 22.7 Å². The molecule has 9 heteroatoms. The molecule has 7 nitrogen and oxygen atoms in total. The Labute approximate surface area is 225 Å². The van der Waals surface area contributed by atoms with Crippen LogP contribution < -0.4 is 4.74 Å². The van der Waals surface area contributed by atoms with Gasteiger partial charge in [-0.25, -0.2) is 4.79 Å². The van der Waals surface area contributed by atoms with E-state index >= 15 is 0 Å². The zero-order valence-electron chi connectivity index (χ0n) is 19.6. The van der Waals surface area contributed by atoms with Crippen LogP contribution in [0.4, 0.5) is 4.79 Å². The van der Waals surface area contributed by atoms with E-state index in [2.05, 4.69) is 38.9 Å². The fourth-order valence-electron chi connectivity index (χ4n) is 3.91. The smallest absolute Gasteiger partial charge is 0.373 e. The second-order valence-electron chi connectivity index (χ2n) is 8.14. The minimum absolute atomic E-state index is 0.00706. The van der Waals surface area contributed by atoms with Crippen LogP contribution in [0.25, 0.3) is 16.8 Å². The van der Waals surface area contributed by atoms with Gasteiger partial charge in [0.2, 0.25) is 5.76 Å². The van der Waals surface area contributed by atoms with Gasteiger partial charge in [0.1, 0.15) is 18.1 Å². The number of methoxy groups -OCH3 is 1. The molecule has 1 fully saturated rings. The van der Waals surface area contributed by atoms with Crippen molar-refractivity contribution in [3.63, 3.8) is 0 Å². The quantitative estimate of drug-likeness (QED) is 0.176. The van der Waals surface area contributed by atoms with Gasteiger partial charge in [-0.3, -0.25) is 14.5 Å². The number of thioether (sulfide) groups is 1. The summed E-state index contributed by atoms with van der Waals surface area (Å²) >= 11 is 4.40. The molecule has 1 saturated heterocycles. The van der Waals surface area contributed by atoms with Crippen LogP contribution in [0.3, 0.4) is 0 Å². The maximum absolute atomic E-state index is 12.9. The first-order valence-electron chi connectivity index (χ1n) is 11.2. The molecule has 2 heterocycles. The normalized spacial score (nSPS) is 14.5. The summed E-state index contributed by atoms with van der Waals surface area (Å²) in [6.45, 7) is 0.326. The van der Waals surface area contributed by atoms with E-state index in [9.17, 15) is 14.4 Å². The Morgan fingerprint density at radius 2 is 1.86 bits per heavy atom. The number of hydrogen-bond donors (Lipinski definition) is 0. The van der Waals surface area contributed by atoms with E-state index in [4.69, 9.17) is 9.15 Å². The maximum Gasteiger partial charge on any atom is 0.373 e. The molecule has 1 aliphatic heterocycles. The lowest BCUT2D eigenvalue weighted by Gasteiger charge is -2.11. The van der Waals surface area contributed by atoms with Crippen molar-refractivity contribution in [2.24, 2.45) is 0 Å². The number of imide groups is 1. The van der Waals surface area contributed by atoms with E-state index in [0.717, 1.165) is 43.0 Å². The molecule has 0 atom stereocenters. The number of carbonyl (C=O) groups is 3. The lowest BCUT2D eigenvalue weighted by molar-refractivity contribution is -0.123. The molecule has 5 rings (SSSR count). The molecule has 0 radical (unpaired) electrons. The number of benzene rings is 3. The Balaban J connectivity index is 1.27. The monoisotopic (exact) mass is 577 g/mol. The van der Waals surface area contributed by atoms with Gasteiger partial charge in [0.05, 0.1) is 23.0 Å². The molecule has 1 aromatic heterocycles. The summed E-state index contributed by atoms with van der Waals surface area (Å²) in [6, 6.07) is 22.7. The van der Waals surface area contributed by atoms with Crippen molar-refractivity contribution >= 4 is 61.7 Å². The Morgan fingerprint density at radius 3 is 2.68 bits per heavy atom. The van der Waals surface area contributed by atoms with Crippen molar-refractivity contribution < 1.29 is 28.3 Å². The Morgan fingerprint density at radius 1 is 1.05 bits per heavy atom. The highest BCUT2D eigenvalue weighted by Gasteiger charge is 2.35. The molecule has 0 N–H and O–H groups in total. The van der Waals surface area contributed by atoms with E-state index in [1.807, 2.05) is 42.5 Å². The van der Waals surface area contributed by atoms with E-state index in [0.29, 0.717) is 23.0 Å². The summed E-state index contributed by atoms with van der Waals surface area (Å²) in [7, 11) is 1.24. The lowest BCUT2D eigenvalue weighted by atomic mass is 10.1. The SMILES string of the molecule is COC(=O)c1ccc(CN2C(=O)S/C(=C/c3ccc(OCc4cccc5ccccc45)c(Br)c3)C2=O)o1. The molecule has 37 heavy (non-hydrogen) atoms. The number of ether oxygens (including phenoxy) is 2. The first-order valence-corrected chi connectivity index (χ1v) is 12.9.